The molecule has 0 saturated carbocycles. The van der Waals surface area contributed by atoms with Crippen LogP contribution in [0.5, 0.6) is 0 Å². The summed E-state index contributed by atoms with van der Waals surface area (Å²) in [5.41, 5.74) is -0.0648. The summed E-state index contributed by atoms with van der Waals surface area (Å²) >= 11 is 5.54. The molecule has 0 fully saturated rings. The van der Waals surface area contributed by atoms with Crippen LogP contribution in [0, 0.1) is 0 Å². The minimum absolute atomic E-state index is 0.0648. The van der Waals surface area contributed by atoms with Crippen LogP contribution in [0.1, 0.15) is 0 Å². The molecule has 2 nitrogen and oxygen atoms in total. The number of nitrogens with zero attached hydrogens (tertiary/aromatic N) is 2. The van der Waals surface area contributed by atoms with Crippen molar-refractivity contribution in [2.24, 2.45) is 4.99 Å². The predicted molar refractivity (Wildman–Crippen MR) is 29.7 cm³/mol. The van der Waals surface area contributed by atoms with E-state index in [-0.39, 0.29) is 5.50 Å². The Morgan fingerprint density at radius 3 is 2.86 bits per heavy atom. The van der Waals surface area contributed by atoms with Crippen LogP contribution in [-0.2, 0) is 0 Å². The molecule has 0 aromatic heterocycles. The van der Waals surface area contributed by atoms with Crippen LogP contribution < -0.4 is 0 Å². The lowest BCUT2D eigenvalue weighted by atomic mass is 10.6. The lowest BCUT2D eigenvalue weighted by molar-refractivity contribution is 0.554. The molecule has 0 aromatic rings. The third-order valence-corrected chi connectivity index (χ3v) is 1.03. The van der Waals surface area contributed by atoms with E-state index in [1.54, 1.807) is 0 Å². The molecule has 0 N–H and O–H groups in total. The summed E-state index contributed by atoms with van der Waals surface area (Å²) < 4.78 is 0. The summed E-state index contributed by atoms with van der Waals surface area (Å²) in [5, 5.41) is 0. The number of alkyl halides is 1. The minimum atomic E-state index is -0.0648. The van der Waals surface area contributed by atoms with Gasteiger partial charge in [0.2, 0.25) is 0 Å². The summed E-state index contributed by atoms with van der Waals surface area (Å²) in [6.07, 6.45) is 2.70. The van der Waals surface area contributed by atoms with Gasteiger partial charge in [-0.05, 0) is 0 Å². The highest BCUT2D eigenvalue weighted by Crippen LogP contribution is 2.03. The van der Waals surface area contributed by atoms with Gasteiger partial charge in [0.25, 0.3) is 0 Å². The molecule has 0 spiro atoms. The highest BCUT2D eigenvalue weighted by atomic mass is 35.5. The Balaban J connectivity index is 2.42. The van der Waals surface area contributed by atoms with Gasteiger partial charge in [0, 0.05) is 7.05 Å². The Morgan fingerprint density at radius 2 is 2.71 bits per heavy atom. The molecule has 3 heteroatoms. The van der Waals surface area contributed by atoms with Gasteiger partial charge in [-0.1, -0.05) is 11.6 Å². The average molecular weight is 118 g/mol. The zero-order valence-corrected chi connectivity index (χ0v) is 4.81. The Hall–Kier alpha value is -0.240. The van der Waals surface area contributed by atoms with Crippen molar-refractivity contribution in [2.45, 2.75) is 5.50 Å². The number of halogens is 1. The fraction of sp³-hybridized carbons (Fsp3) is 0.750. The summed E-state index contributed by atoms with van der Waals surface area (Å²) in [7, 11) is 1.89. The van der Waals surface area contributed by atoms with Crippen molar-refractivity contribution in [1.29, 1.82) is 0 Å². The second-order valence-electron chi connectivity index (χ2n) is 1.54. The minimum Gasteiger partial charge on any atom is -0.353 e. The number of hydrogen-bond acceptors (Lipinski definition) is 2. The first-order valence-electron chi connectivity index (χ1n) is 2.10. The molecular weight excluding hydrogens is 112 g/mol. The highest BCUT2D eigenvalue weighted by molar-refractivity contribution is 6.21. The van der Waals surface area contributed by atoms with E-state index in [1.165, 1.54) is 0 Å². The Kier molecular flexibility index (Phi) is 1.19. The van der Waals surface area contributed by atoms with Gasteiger partial charge < -0.3 is 4.90 Å². The number of rotatable bonds is 0. The lowest BCUT2D eigenvalue weighted by Crippen LogP contribution is -2.14. The van der Waals surface area contributed by atoms with Crippen LogP contribution in [0.15, 0.2) is 4.99 Å². The Labute approximate surface area is 47.8 Å². The van der Waals surface area contributed by atoms with E-state index in [0.717, 1.165) is 6.54 Å². The maximum atomic E-state index is 5.54. The monoisotopic (exact) mass is 117 g/mol. The first-order chi connectivity index (χ1) is 3.29. The van der Waals surface area contributed by atoms with E-state index in [1.807, 2.05) is 11.9 Å². The molecule has 7 heavy (non-hydrogen) atoms. The summed E-state index contributed by atoms with van der Waals surface area (Å²) in [5.74, 6) is 0. The second-order valence-corrected chi connectivity index (χ2v) is 2.05. The maximum absolute atomic E-state index is 5.54. The third-order valence-electron chi connectivity index (χ3n) is 0.793. The van der Waals surface area contributed by atoms with Crippen molar-refractivity contribution in [3.8, 4) is 0 Å². The largest absolute Gasteiger partial charge is 0.353 e. The van der Waals surface area contributed by atoms with Crippen molar-refractivity contribution in [2.75, 3.05) is 13.6 Å². The van der Waals surface area contributed by atoms with E-state index in [4.69, 9.17) is 11.6 Å². The fourth-order valence-corrected chi connectivity index (χ4v) is 0.720. The highest BCUT2D eigenvalue weighted by Gasteiger charge is 2.09. The molecule has 1 aliphatic heterocycles. The normalized spacial score (nSPS) is 29.4. The zero-order valence-electron chi connectivity index (χ0n) is 4.06. The summed E-state index contributed by atoms with van der Waals surface area (Å²) in [6, 6.07) is 0. The lowest BCUT2D eigenvalue weighted by Gasteiger charge is -2.01. The molecule has 1 atom stereocenters. The topological polar surface area (TPSA) is 15.6 Å². The van der Waals surface area contributed by atoms with Crippen LogP contribution in [0.25, 0.3) is 0 Å². The molecule has 0 amide bonds. The summed E-state index contributed by atoms with van der Waals surface area (Å²) in [4.78, 5) is 5.59. The number of hydrogen-bond donors (Lipinski definition) is 0. The maximum Gasteiger partial charge on any atom is 0.168 e. The third kappa shape index (κ3) is 1.06. The zero-order chi connectivity index (χ0) is 5.28. The van der Waals surface area contributed by atoms with Gasteiger partial charge in [-0.25, -0.2) is 4.99 Å². The number of likely N-dealkylation sites (N-methyl/N-ethyl adjacent to an activating group) is 1. The predicted octanol–water partition coefficient (Wildman–Crippen LogP) is 0.402. The average Bonchev–Trinajstić information content (AvgIpc) is 1.87. The fourth-order valence-electron chi connectivity index (χ4n) is 0.469. The quantitative estimate of drug-likeness (QED) is 0.331. The van der Waals surface area contributed by atoms with Crippen LogP contribution in [-0.4, -0.2) is 30.3 Å². The van der Waals surface area contributed by atoms with E-state index >= 15 is 0 Å². The van der Waals surface area contributed by atoms with Gasteiger partial charge in [-0.2, -0.15) is 0 Å². The first-order valence-corrected chi connectivity index (χ1v) is 2.53. The smallest absolute Gasteiger partial charge is 0.168 e. The second kappa shape index (κ2) is 1.70. The van der Waals surface area contributed by atoms with Crippen LogP contribution >= 0.6 is 11.6 Å². The SMILES string of the molecule is CN1[C]=NC(Cl)C1. The number of aliphatic imine (C=N–C) groups is 1. The molecule has 1 radical (unpaired) electrons. The van der Waals surface area contributed by atoms with E-state index < -0.39 is 0 Å². The molecule has 1 rings (SSSR count). The molecule has 0 aliphatic carbocycles. The molecule has 1 unspecified atom stereocenters. The van der Waals surface area contributed by atoms with Crippen LogP contribution in [0.3, 0.4) is 0 Å². The van der Waals surface area contributed by atoms with Crippen LogP contribution in [0.4, 0.5) is 0 Å². The molecule has 0 saturated heterocycles. The van der Waals surface area contributed by atoms with Gasteiger partial charge in [0.15, 0.2) is 6.34 Å². The van der Waals surface area contributed by atoms with Crippen molar-refractivity contribution in [3.05, 3.63) is 0 Å². The van der Waals surface area contributed by atoms with Crippen molar-refractivity contribution >= 4 is 17.9 Å². The summed E-state index contributed by atoms with van der Waals surface area (Å²) in [6.45, 7) is 0.793. The van der Waals surface area contributed by atoms with E-state index in [0.29, 0.717) is 0 Å². The first kappa shape index (κ1) is 4.91. The van der Waals surface area contributed by atoms with Gasteiger partial charge in [0.05, 0.1) is 6.54 Å². The Morgan fingerprint density at radius 1 is 2.00 bits per heavy atom. The van der Waals surface area contributed by atoms with Gasteiger partial charge in [-0.15, -0.1) is 0 Å². The van der Waals surface area contributed by atoms with Crippen molar-refractivity contribution in [3.63, 3.8) is 0 Å². The standard InChI is InChI=1S/C4H6ClN2/c1-7-2-4(5)6-3-7/h4H,2H2,1H3. The van der Waals surface area contributed by atoms with Gasteiger partial charge >= 0.3 is 0 Å². The van der Waals surface area contributed by atoms with Crippen molar-refractivity contribution < 1.29 is 0 Å². The molecule has 1 heterocycles. The molecule has 0 aromatic carbocycles. The molecular formula is C4H6ClN2. The van der Waals surface area contributed by atoms with Gasteiger partial charge in [-0.3, -0.25) is 0 Å². The van der Waals surface area contributed by atoms with Crippen molar-refractivity contribution in [1.82, 2.24) is 4.90 Å². The van der Waals surface area contributed by atoms with Crippen LogP contribution in [0.2, 0.25) is 0 Å². The molecule has 0 bridgehead atoms. The van der Waals surface area contributed by atoms with E-state index in [2.05, 4.69) is 11.3 Å². The van der Waals surface area contributed by atoms with E-state index in [9.17, 15) is 0 Å². The Bertz CT molecular complexity index is 81.7. The molecule has 1 aliphatic rings. The molecule has 39 valence electrons. The van der Waals surface area contributed by atoms with Gasteiger partial charge in [0.1, 0.15) is 5.50 Å².